The molecule has 0 aliphatic heterocycles. The number of aromatic nitrogens is 2. The minimum absolute atomic E-state index is 0.106. The summed E-state index contributed by atoms with van der Waals surface area (Å²) in [6.07, 6.45) is 5.66. The maximum atomic E-state index is 12.9. The van der Waals surface area contributed by atoms with Crippen LogP contribution in [0.15, 0.2) is 59.4 Å². The molecule has 2 aromatic heterocycles. The van der Waals surface area contributed by atoms with Crippen LogP contribution in [-0.4, -0.2) is 39.9 Å². The summed E-state index contributed by atoms with van der Waals surface area (Å²) in [7, 11) is 0. The molecule has 162 valence electrons. The van der Waals surface area contributed by atoms with E-state index in [4.69, 9.17) is 20.8 Å². The lowest BCUT2D eigenvalue weighted by atomic mass is 10.2. The van der Waals surface area contributed by atoms with Gasteiger partial charge in [-0.1, -0.05) is 29.8 Å². The van der Waals surface area contributed by atoms with Crippen LogP contribution in [0.1, 0.15) is 31.2 Å². The lowest BCUT2D eigenvalue weighted by molar-refractivity contribution is -0.144. The first-order valence-electron chi connectivity index (χ1n) is 10.1. The molecule has 1 aromatic carbocycles. The van der Waals surface area contributed by atoms with Crippen LogP contribution in [0.25, 0.3) is 11.3 Å². The second-order valence-corrected chi connectivity index (χ2v) is 7.24. The van der Waals surface area contributed by atoms with Crippen molar-refractivity contribution in [1.82, 2.24) is 14.9 Å². The molecule has 0 radical (unpaired) electrons. The summed E-state index contributed by atoms with van der Waals surface area (Å²) in [5.41, 5.74) is 1.64. The number of benzene rings is 1. The van der Waals surface area contributed by atoms with Crippen LogP contribution in [0, 0.1) is 0 Å². The highest BCUT2D eigenvalue weighted by Gasteiger charge is 2.18. The molecule has 0 bridgehead atoms. The predicted molar refractivity (Wildman–Crippen MR) is 116 cm³/mol. The fourth-order valence-corrected chi connectivity index (χ4v) is 3.28. The van der Waals surface area contributed by atoms with Crippen molar-refractivity contribution in [3.8, 4) is 11.3 Å². The van der Waals surface area contributed by atoms with Crippen molar-refractivity contribution in [3.05, 3.63) is 71.5 Å². The molecule has 0 aliphatic carbocycles. The van der Waals surface area contributed by atoms with Gasteiger partial charge in [0.05, 0.1) is 24.2 Å². The van der Waals surface area contributed by atoms with Crippen molar-refractivity contribution in [2.45, 2.75) is 32.7 Å². The number of amides is 1. The number of carbonyl (C=O) groups is 2. The van der Waals surface area contributed by atoms with Gasteiger partial charge in [0, 0.05) is 43.9 Å². The minimum atomic E-state index is -0.330. The second-order valence-electron chi connectivity index (χ2n) is 6.83. The summed E-state index contributed by atoms with van der Waals surface area (Å²) in [6.45, 7) is 2.70. The van der Waals surface area contributed by atoms with Crippen LogP contribution < -0.4 is 0 Å². The Labute approximate surface area is 186 Å². The zero-order valence-electron chi connectivity index (χ0n) is 17.3. The van der Waals surface area contributed by atoms with E-state index in [1.165, 1.54) is 0 Å². The van der Waals surface area contributed by atoms with Crippen LogP contribution in [0.2, 0.25) is 5.02 Å². The van der Waals surface area contributed by atoms with Crippen LogP contribution in [0.3, 0.4) is 0 Å². The number of halogens is 1. The number of ether oxygens (including phenoxy) is 1. The molecule has 0 aliphatic rings. The molecule has 0 saturated heterocycles. The summed E-state index contributed by atoms with van der Waals surface area (Å²) in [4.78, 5) is 34.6. The third-order valence-corrected chi connectivity index (χ3v) is 4.92. The third kappa shape index (κ3) is 6.65. The Morgan fingerprint density at radius 3 is 2.71 bits per heavy atom. The van der Waals surface area contributed by atoms with Gasteiger partial charge in [0.1, 0.15) is 0 Å². The highest BCUT2D eigenvalue weighted by atomic mass is 35.5. The number of oxazole rings is 1. The molecule has 0 fully saturated rings. The molecule has 0 N–H and O–H groups in total. The van der Waals surface area contributed by atoms with Crippen LogP contribution in [0.5, 0.6) is 0 Å². The van der Waals surface area contributed by atoms with Crippen LogP contribution in [-0.2, 0) is 27.3 Å². The zero-order chi connectivity index (χ0) is 22.1. The normalized spacial score (nSPS) is 10.6. The van der Waals surface area contributed by atoms with Crippen molar-refractivity contribution < 1.29 is 18.7 Å². The van der Waals surface area contributed by atoms with Gasteiger partial charge in [-0.25, -0.2) is 4.98 Å². The molecule has 2 heterocycles. The minimum Gasteiger partial charge on any atom is -0.466 e. The van der Waals surface area contributed by atoms with E-state index in [1.807, 2.05) is 30.3 Å². The third-order valence-electron chi connectivity index (χ3n) is 4.59. The maximum Gasteiger partial charge on any atom is 0.307 e. The van der Waals surface area contributed by atoms with Gasteiger partial charge in [-0.3, -0.25) is 14.6 Å². The number of carbonyl (C=O) groups excluding carboxylic acids is 2. The number of esters is 1. The number of aryl methyl sites for hydroxylation is 1. The van der Waals surface area contributed by atoms with E-state index in [1.54, 1.807) is 36.5 Å². The lowest BCUT2D eigenvalue weighted by Gasteiger charge is -2.22. The standard InChI is InChI=1S/C23H24ClN3O4/c1-2-30-23(29)11-13-27(16-17-6-5-12-25-14-17)22(28)10-9-21-26-15-20(31-21)18-7-3-4-8-19(18)24/h3-8,12,14-15H,2,9-11,13,16H2,1H3. The van der Waals surface area contributed by atoms with Gasteiger partial charge in [0.2, 0.25) is 5.91 Å². The summed E-state index contributed by atoms with van der Waals surface area (Å²) in [6, 6.07) is 11.0. The SMILES string of the molecule is CCOC(=O)CCN(Cc1cccnc1)C(=O)CCc1ncc(-c2ccccc2Cl)o1. The van der Waals surface area contributed by atoms with Gasteiger partial charge >= 0.3 is 5.97 Å². The monoisotopic (exact) mass is 441 g/mol. The number of rotatable bonds is 10. The molecule has 31 heavy (non-hydrogen) atoms. The number of hydrogen-bond acceptors (Lipinski definition) is 6. The predicted octanol–water partition coefficient (Wildman–Crippen LogP) is 4.30. The maximum absolute atomic E-state index is 12.9. The van der Waals surface area contributed by atoms with E-state index < -0.39 is 0 Å². The van der Waals surface area contributed by atoms with Gasteiger partial charge in [-0.15, -0.1) is 0 Å². The topological polar surface area (TPSA) is 85.5 Å². The van der Waals surface area contributed by atoms with Crippen LogP contribution in [0.4, 0.5) is 0 Å². The van der Waals surface area contributed by atoms with Crippen molar-refractivity contribution >= 4 is 23.5 Å². The van der Waals surface area contributed by atoms with Crippen molar-refractivity contribution in [2.24, 2.45) is 0 Å². The zero-order valence-corrected chi connectivity index (χ0v) is 18.0. The first-order chi connectivity index (χ1) is 15.1. The Morgan fingerprint density at radius 1 is 1.13 bits per heavy atom. The van der Waals surface area contributed by atoms with Gasteiger partial charge in [-0.05, 0) is 30.7 Å². The molecule has 0 saturated carbocycles. The second kappa shape index (κ2) is 11.3. The Hall–Kier alpha value is -3.19. The fourth-order valence-electron chi connectivity index (χ4n) is 3.05. The molecule has 3 aromatic rings. The van der Waals surface area contributed by atoms with E-state index in [-0.39, 0.29) is 31.3 Å². The average Bonchev–Trinajstić information content (AvgIpc) is 3.25. The molecule has 7 nitrogen and oxygen atoms in total. The lowest BCUT2D eigenvalue weighted by Crippen LogP contribution is -2.33. The van der Waals surface area contributed by atoms with Crippen molar-refractivity contribution in [1.29, 1.82) is 0 Å². The Balaban J connectivity index is 1.62. The molecule has 1 amide bonds. The largest absolute Gasteiger partial charge is 0.466 e. The Morgan fingerprint density at radius 2 is 1.97 bits per heavy atom. The molecular weight excluding hydrogens is 418 g/mol. The Bertz CT molecular complexity index is 1010. The molecule has 0 atom stereocenters. The summed E-state index contributed by atoms with van der Waals surface area (Å²) < 4.78 is 10.8. The van der Waals surface area contributed by atoms with Crippen molar-refractivity contribution in [3.63, 3.8) is 0 Å². The molecular formula is C23H24ClN3O4. The van der Waals surface area contributed by atoms with E-state index in [0.29, 0.717) is 36.2 Å². The highest BCUT2D eigenvalue weighted by Crippen LogP contribution is 2.28. The van der Waals surface area contributed by atoms with E-state index in [2.05, 4.69) is 9.97 Å². The molecule has 3 rings (SSSR count). The van der Waals surface area contributed by atoms with Gasteiger partial charge in [0.25, 0.3) is 0 Å². The average molecular weight is 442 g/mol. The van der Waals surface area contributed by atoms with E-state index >= 15 is 0 Å². The first-order valence-corrected chi connectivity index (χ1v) is 10.5. The number of pyridine rings is 1. The smallest absolute Gasteiger partial charge is 0.307 e. The molecule has 8 heteroatoms. The van der Waals surface area contributed by atoms with E-state index in [0.717, 1.165) is 11.1 Å². The van der Waals surface area contributed by atoms with Gasteiger partial charge in [0.15, 0.2) is 11.7 Å². The first kappa shape index (κ1) is 22.5. The van der Waals surface area contributed by atoms with Crippen molar-refractivity contribution in [2.75, 3.05) is 13.2 Å². The quantitative estimate of drug-likeness (QED) is 0.436. The highest BCUT2D eigenvalue weighted by molar-refractivity contribution is 6.33. The van der Waals surface area contributed by atoms with E-state index in [9.17, 15) is 9.59 Å². The number of nitrogens with zero attached hydrogens (tertiary/aromatic N) is 3. The summed E-state index contributed by atoms with van der Waals surface area (Å²) in [5, 5.41) is 0.572. The number of hydrogen-bond donors (Lipinski definition) is 0. The molecule has 0 spiro atoms. The van der Waals surface area contributed by atoms with Gasteiger partial charge in [-0.2, -0.15) is 0 Å². The fraction of sp³-hybridized carbons (Fsp3) is 0.304. The Kier molecular flexibility index (Phi) is 8.18. The summed E-state index contributed by atoms with van der Waals surface area (Å²) >= 11 is 6.21. The van der Waals surface area contributed by atoms with Gasteiger partial charge < -0.3 is 14.1 Å². The summed E-state index contributed by atoms with van der Waals surface area (Å²) in [5.74, 6) is 0.576. The van der Waals surface area contributed by atoms with Crippen LogP contribution >= 0.6 is 11.6 Å². The molecule has 0 unspecified atom stereocenters.